The van der Waals surface area contributed by atoms with Crippen molar-refractivity contribution in [3.63, 3.8) is 0 Å². The number of hydrogen-bond acceptors (Lipinski definition) is 7. The van der Waals surface area contributed by atoms with Crippen LogP contribution in [0.1, 0.15) is 31.2 Å². The van der Waals surface area contributed by atoms with E-state index in [-0.39, 0.29) is 31.1 Å². The second-order valence-electron chi connectivity index (χ2n) is 7.70. The number of fused-ring (bicyclic) bond motifs is 1. The first-order chi connectivity index (χ1) is 15.7. The summed E-state index contributed by atoms with van der Waals surface area (Å²) in [5.41, 5.74) is 1.25. The standard InChI is InChI=1S/C23H22N4O5/c28-20-13-31-19-10-9-15(12-17(19)24-20)22-25-23(32-26-22)18-8-4-5-11-27(18)21(29)14-30-16-6-2-1-3-7-16/h1-3,6-7,9-10,12,18H,4-5,8,11,13-14H2,(H,24,28). The average molecular weight is 434 g/mol. The summed E-state index contributed by atoms with van der Waals surface area (Å²) in [6.45, 7) is 0.561. The molecule has 0 spiro atoms. The monoisotopic (exact) mass is 434 g/mol. The first-order valence-electron chi connectivity index (χ1n) is 10.6. The van der Waals surface area contributed by atoms with Gasteiger partial charge in [-0.3, -0.25) is 9.59 Å². The second kappa shape index (κ2) is 8.70. The van der Waals surface area contributed by atoms with Gasteiger partial charge < -0.3 is 24.2 Å². The van der Waals surface area contributed by atoms with Gasteiger partial charge in [-0.15, -0.1) is 0 Å². The third-order valence-electron chi connectivity index (χ3n) is 5.53. The Kier molecular flexibility index (Phi) is 5.45. The van der Waals surface area contributed by atoms with Crippen molar-refractivity contribution in [2.45, 2.75) is 25.3 Å². The van der Waals surface area contributed by atoms with Crippen LogP contribution in [0.25, 0.3) is 11.4 Å². The van der Waals surface area contributed by atoms with Crippen molar-refractivity contribution in [1.82, 2.24) is 15.0 Å². The Morgan fingerprint density at radius 3 is 2.94 bits per heavy atom. The summed E-state index contributed by atoms with van der Waals surface area (Å²) < 4.78 is 16.6. The highest BCUT2D eigenvalue weighted by atomic mass is 16.5. The van der Waals surface area contributed by atoms with Crippen LogP contribution in [0.2, 0.25) is 0 Å². The van der Waals surface area contributed by atoms with E-state index in [2.05, 4.69) is 15.5 Å². The van der Waals surface area contributed by atoms with E-state index in [1.807, 2.05) is 36.4 Å². The Morgan fingerprint density at radius 1 is 1.19 bits per heavy atom. The van der Waals surface area contributed by atoms with Gasteiger partial charge in [0.15, 0.2) is 13.2 Å². The minimum atomic E-state index is -0.294. The maximum Gasteiger partial charge on any atom is 0.262 e. The summed E-state index contributed by atoms with van der Waals surface area (Å²) in [7, 11) is 0. The maximum absolute atomic E-state index is 12.9. The molecule has 9 nitrogen and oxygen atoms in total. The molecule has 2 aromatic carbocycles. The first kappa shape index (κ1) is 20.0. The SMILES string of the molecule is O=C1COc2ccc(-c3noc(C4CCCCN4C(=O)COc4ccccc4)n3)cc2N1. The topological polar surface area (TPSA) is 107 Å². The van der Waals surface area contributed by atoms with Crippen LogP contribution in [-0.2, 0) is 9.59 Å². The van der Waals surface area contributed by atoms with Crippen LogP contribution in [0.4, 0.5) is 5.69 Å². The molecule has 2 amide bonds. The molecule has 1 saturated heterocycles. The van der Waals surface area contributed by atoms with Gasteiger partial charge in [0.1, 0.15) is 17.5 Å². The number of para-hydroxylation sites is 1. The highest BCUT2D eigenvalue weighted by Gasteiger charge is 2.32. The lowest BCUT2D eigenvalue weighted by atomic mass is 10.0. The number of likely N-dealkylation sites (tertiary alicyclic amines) is 1. The van der Waals surface area contributed by atoms with Gasteiger partial charge in [0, 0.05) is 12.1 Å². The van der Waals surface area contributed by atoms with E-state index in [1.165, 1.54) is 0 Å². The van der Waals surface area contributed by atoms with E-state index < -0.39 is 0 Å². The van der Waals surface area contributed by atoms with Crippen LogP contribution in [0.5, 0.6) is 11.5 Å². The van der Waals surface area contributed by atoms with Crippen molar-refractivity contribution in [2.24, 2.45) is 0 Å². The Labute approximate surface area is 184 Å². The summed E-state index contributed by atoms with van der Waals surface area (Å²) in [5, 5.41) is 6.88. The normalized spacial score (nSPS) is 17.8. The van der Waals surface area contributed by atoms with Crippen LogP contribution in [0, 0.1) is 0 Å². The molecular formula is C23H22N4O5. The molecule has 9 heteroatoms. The highest BCUT2D eigenvalue weighted by Crippen LogP contribution is 2.34. The van der Waals surface area contributed by atoms with Crippen LogP contribution in [0.15, 0.2) is 53.1 Å². The minimum Gasteiger partial charge on any atom is -0.484 e. The number of ether oxygens (including phenoxy) is 2. The molecule has 5 rings (SSSR count). The second-order valence-corrected chi connectivity index (χ2v) is 7.70. The molecule has 0 aliphatic carbocycles. The molecule has 2 aliphatic heterocycles. The minimum absolute atomic E-state index is 0.00175. The maximum atomic E-state index is 12.9. The van der Waals surface area contributed by atoms with Crippen molar-refractivity contribution >= 4 is 17.5 Å². The van der Waals surface area contributed by atoms with E-state index >= 15 is 0 Å². The molecule has 1 fully saturated rings. The lowest BCUT2D eigenvalue weighted by molar-refractivity contribution is -0.138. The molecule has 0 saturated carbocycles. The number of nitrogens with one attached hydrogen (secondary N) is 1. The van der Waals surface area contributed by atoms with Crippen LogP contribution in [0.3, 0.4) is 0 Å². The summed E-state index contributed by atoms with van der Waals surface area (Å²) in [5.74, 6) is 1.70. The number of piperidine rings is 1. The van der Waals surface area contributed by atoms with Crippen LogP contribution < -0.4 is 14.8 Å². The van der Waals surface area contributed by atoms with Crippen LogP contribution in [-0.4, -0.2) is 46.6 Å². The lowest BCUT2D eigenvalue weighted by Gasteiger charge is -2.33. The fourth-order valence-corrected chi connectivity index (χ4v) is 3.94. The number of amides is 2. The fraction of sp³-hybridized carbons (Fsp3) is 0.304. The molecule has 164 valence electrons. The van der Waals surface area contributed by atoms with E-state index in [0.29, 0.717) is 41.0 Å². The van der Waals surface area contributed by atoms with Gasteiger partial charge in [-0.05, 0) is 49.6 Å². The lowest BCUT2D eigenvalue weighted by Crippen LogP contribution is -2.41. The van der Waals surface area contributed by atoms with Crippen molar-refractivity contribution in [3.05, 3.63) is 54.4 Å². The molecule has 1 unspecified atom stereocenters. The van der Waals surface area contributed by atoms with Gasteiger partial charge in [0.25, 0.3) is 11.8 Å². The van der Waals surface area contributed by atoms with Crippen molar-refractivity contribution in [1.29, 1.82) is 0 Å². The van der Waals surface area contributed by atoms with E-state index in [9.17, 15) is 9.59 Å². The smallest absolute Gasteiger partial charge is 0.262 e. The molecule has 1 atom stereocenters. The molecule has 1 aromatic heterocycles. The zero-order chi connectivity index (χ0) is 21.9. The van der Waals surface area contributed by atoms with Gasteiger partial charge in [0.2, 0.25) is 11.7 Å². The third-order valence-corrected chi connectivity index (χ3v) is 5.53. The molecule has 2 aliphatic rings. The zero-order valence-electron chi connectivity index (χ0n) is 17.3. The van der Waals surface area contributed by atoms with Gasteiger partial charge in [-0.25, -0.2) is 0 Å². The highest BCUT2D eigenvalue weighted by molar-refractivity contribution is 5.96. The van der Waals surface area contributed by atoms with E-state index in [1.54, 1.807) is 17.0 Å². The summed E-state index contributed by atoms with van der Waals surface area (Å²) in [4.78, 5) is 30.8. The number of rotatable bonds is 5. The first-order valence-corrected chi connectivity index (χ1v) is 10.6. The van der Waals surface area contributed by atoms with E-state index in [0.717, 1.165) is 19.3 Å². The number of hydrogen-bond donors (Lipinski definition) is 1. The van der Waals surface area contributed by atoms with Crippen molar-refractivity contribution in [2.75, 3.05) is 25.1 Å². The molecular weight excluding hydrogens is 412 g/mol. The molecule has 3 aromatic rings. The Morgan fingerprint density at radius 2 is 2.06 bits per heavy atom. The quantitative estimate of drug-likeness (QED) is 0.657. The fourth-order valence-electron chi connectivity index (χ4n) is 3.94. The predicted octanol–water partition coefficient (Wildman–Crippen LogP) is 3.20. The Bertz CT molecular complexity index is 1130. The number of carbonyl (C=O) groups is 2. The molecule has 32 heavy (non-hydrogen) atoms. The molecule has 1 N–H and O–H groups in total. The molecule has 0 radical (unpaired) electrons. The van der Waals surface area contributed by atoms with Gasteiger partial charge in [-0.2, -0.15) is 4.98 Å². The number of carbonyl (C=O) groups excluding carboxylic acids is 2. The van der Waals surface area contributed by atoms with Crippen LogP contribution >= 0.6 is 0 Å². The van der Waals surface area contributed by atoms with Gasteiger partial charge >= 0.3 is 0 Å². The van der Waals surface area contributed by atoms with Gasteiger partial charge in [0.05, 0.1) is 5.69 Å². The van der Waals surface area contributed by atoms with Gasteiger partial charge in [-0.1, -0.05) is 23.4 Å². The predicted molar refractivity (Wildman–Crippen MR) is 114 cm³/mol. The number of benzene rings is 2. The average Bonchev–Trinajstić information content (AvgIpc) is 3.33. The van der Waals surface area contributed by atoms with Crippen molar-refractivity contribution in [3.8, 4) is 22.9 Å². The summed E-state index contributed by atoms with van der Waals surface area (Å²) in [6, 6.07) is 14.3. The Hall–Kier alpha value is -3.88. The molecule has 0 bridgehead atoms. The summed E-state index contributed by atoms with van der Waals surface area (Å²) in [6.07, 6.45) is 2.62. The molecule has 3 heterocycles. The number of aromatic nitrogens is 2. The third kappa shape index (κ3) is 4.14. The number of nitrogens with zero attached hydrogens (tertiary/aromatic N) is 3. The van der Waals surface area contributed by atoms with E-state index in [4.69, 9.17) is 14.0 Å². The largest absolute Gasteiger partial charge is 0.484 e. The number of anilines is 1. The van der Waals surface area contributed by atoms with Crippen molar-refractivity contribution < 1.29 is 23.6 Å². The zero-order valence-corrected chi connectivity index (χ0v) is 17.3. The Balaban J connectivity index is 1.32. The summed E-state index contributed by atoms with van der Waals surface area (Å²) >= 11 is 0.